The zero-order chi connectivity index (χ0) is 27.2. The van der Waals surface area contributed by atoms with E-state index in [1.165, 1.54) is 16.7 Å². The lowest BCUT2D eigenvalue weighted by Gasteiger charge is -2.27. The molecule has 0 aliphatic heterocycles. The minimum Gasteiger partial charge on any atom is -0.477 e. The van der Waals surface area contributed by atoms with E-state index < -0.39 is 17.5 Å². The highest BCUT2D eigenvalue weighted by atomic mass is 19.1. The van der Waals surface area contributed by atoms with Crippen LogP contribution < -0.4 is 10.1 Å². The molecule has 1 fully saturated rings. The maximum Gasteiger partial charge on any atom is 0.274 e. The Bertz CT molecular complexity index is 1270. The lowest BCUT2D eigenvalue weighted by atomic mass is 10.2. The number of halogens is 2. The SMILES string of the molecule is CC(C)N(CCCO)C(=O)c1c(NC=O)nc(-c2cccnc2OCC2CC2)n1Cc1cc(F)cc(F)c1. The summed E-state index contributed by atoms with van der Waals surface area (Å²) in [6.45, 7) is 4.16. The molecule has 4 rings (SSSR count). The first kappa shape index (κ1) is 27.2. The molecule has 0 bridgehead atoms. The maximum atomic E-state index is 14.1. The van der Waals surface area contributed by atoms with Gasteiger partial charge in [0.15, 0.2) is 11.5 Å². The van der Waals surface area contributed by atoms with Crippen LogP contribution in [0.1, 0.15) is 49.2 Å². The van der Waals surface area contributed by atoms with Crippen molar-refractivity contribution in [2.75, 3.05) is 25.1 Å². The Hall–Kier alpha value is -3.86. The Morgan fingerprint density at radius 2 is 2.03 bits per heavy atom. The summed E-state index contributed by atoms with van der Waals surface area (Å²) >= 11 is 0. The topological polar surface area (TPSA) is 110 Å². The Kier molecular flexibility index (Phi) is 8.67. The zero-order valence-electron chi connectivity index (χ0n) is 21.4. The number of ether oxygens (including phenoxy) is 1. The summed E-state index contributed by atoms with van der Waals surface area (Å²) in [5.74, 6) is -0.998. The predicted octanol–water partition coefficient (Wildman–Crippen LogP) is 3.86. The monoisotopic (exact) mass is 527 g/mol. The van der Waals surface area contributed by atoms with Crippen LogP contribution in [-0.4, -0.2) is 62.7 Å². The van der Waals surface area contributed by atoms with E-state index in [-0.39, 0.29) is 48.6 Å². The fourth-order valence-corrected chi connectivity index (χ4v) is 4.20. The van der Waals surface area contributed by atoms with Crippen molar-refractivity contribution in [2.45, 2.75) is 45.7 Å². The van der Waals surface area contributed by atoms with Gasteiger partial charge in [-0.3, -0.25) is 9.59 Å². The zero-order valence-corrected chi connectivity index (χ0v) is 21.4. The first-order valence-electron chi connectivity index (χ1n) is 12.6. The molecule has 2 aromatic heterocycles. The smallest absolute Gasteiger partial charge is 0.274 e. The molecule has 3 aromatic rings. The number of amides is 2. The third kappa shape index (κ3) is 6.34. The lowest BCUT2D eigenvalue weighted by Crippen LogP contribution is -2.39. The molecule has 0 spiro atoms. The molecular weight excluding hydrogens is 496 g/mol. The third-order valence-electron chi connectivity index (χ3n) is 6.23. The quantitative estimate of drug-likeness (QED) is 0.327. The second-order valence-electron chi connectivity index (χ2n) is 9.54. The van der Waals surface area contributed by atoms with Gasteiger partial charge >= 0.3 is 0 Å². The second-order valence-corrected chi connectivity index (χ2v) is 9.54. The number of imidazole rings is 1. The van der Waals surface area contributed by atoms with Crippen LogP contribution in [0, 0.1) is 17.6 Å². The lowest BCUT2D eigenvalue weighted by molar-refractivity contribution is -0.105. The summed E-state index contributed by atoms with van der Waals surface area (Å²) in [4.78, 5) is 35.9. The predicted molar refractivity (Wildman–Crippen MR) is 137 cm³/mol. The molecule has 1 aromatic carbocycles. The number of nitrogens with one attached hydrogen (secondary N) is 1. The molecule has 2 N–H and O–H groups in total. The van der Waals surface area contributed by atoms with Crippen molar-refractivity contribution in [2.24, 2.45) is 5.92 Å². The largest absolute Gasteiger partial charge is 0.477 e. The van der Waals surface area contributed by atoms with Crippen LogP contribution in [0.2, 0.25) is 0 Å². The van der Waals surface area contributed by atoms with Gasteiger partial charge in [-0.05, 0) is 68.9 Å². The fraction of sp³-hybridized carbons (Fsp3) is 0.407. The van der Waals surface area contributed by atoms with Crippen LogP contribution in [-0.2, 0) is 11.3 Å². The highest BCUT2D eigenvalue weighted by molar-refractivity contribution is 6.00. The van der Waals surface area contributed by atoms with Gasteiger partial charge in [-0.2, -0.15) is 0 Å². The van der Waals surface area contributed by atoms with Crippen LogP contribution >= 0.6 is 0 Å². The molecule has 0 unspecified atom stereocenters. The summed E-state index contributed by atoms with van der Waals surface area (Å²) < 4.78 is 35.7. The number of hydrogen-bond donors (Lipinski definition) is 2. The minimum absolute atomic E-state index is 0.0106. The number of carbonyl (C=O) groups excluding carboxylic acids is 2. The van der Waals surface area contributed by atoms with Crippen LogP contribution in [0.15, 0.2) is 36.5 Å². The fourth-order valence-electron chi connectivity index (χ4n) is 4.20. The first-order chi connectivity index (χ1) is 18.3. The number of hydrogen-bond acceptors (Lipinski definition) is 6. The van der Waals surface area contributed by atoms with Crippen molar-refractivity contribution in [3.8, 4) is 17.3 Å². The van der Waals surface area contributed by atoms with E-state index in [2.05, 4.69) is 15.3 Å². The summed E-state index contributed by atoms with van der Waals surface area (Å²) in [7, 11) is 0. The maximum absolute atomic E-state index is 14.1. The van der Waals surface area contributed by atoms with Gasteiger partial charge in [0.2, 0.25) is 12.3 Å². The Morgan fingerprint density at radius 3 is 2.66 bits per heavy atom. The first-order valence-corrected chi connectivity index (χ1v) is 12.6. The van der Waals surface area contributed by atoms with Crippen LogP contribution in [0.3, 0.4) is 0 Å². The molecule has 202 valence electrons. The number of rotatable bonds is 13. The molecule has 0 saturated heterocycles. The normalized spacial score (nSPS) is 13.0. The number of carbonyl (C=O) groups is 2. The highest BCUT2D eigenvalue weighted by Crippen LogP contribution is 2.35. The van der Waals surface area contributed by atoms with E-state index in [9.17, 15) is 23.5 Å². The number of anilines is 1. The van der Waals surface area contributed by atoms with E-state index in [1.807, 2.05) is 13.8 Å². The van der Waals surface area contributed by atoms with Crippen molar-refractivity contribution in [3.63, 3.8) is 0 Å². The van der Waals surface area contributed by atoms with Gasteiger partial charge in [0, 0.05) is 31.5 Å². The van der Waals surface area contributed by atoms with Gasteiger partial charge in [0.1, 0.15) is 17.5 Å². The van der Waals surface area contributed by atoms with Crippen LogP contribution in [0.4, 0.5) is 14.6 Å². The molecule has 0 atom stereocenters. The van der Waals surface area contributed by atoms with Gasteiger partial charge in [-0.1, -0.05) is 0 Å². The van der Waals surface area contributed by atoms with Crippen molar-refractivity contribution in [3.05, 3.63) is 59.4 Å². The Labute approximate surface area is 219 Å². The third-order valence-corrected chi connectivity index (χ3v) is 6.23. The summed E-state index contributed by atoms with van der Waals surface area (Å²) in [6, 6.07) is 6.29. The molecule has 11 heteroatoms. The van der Waals surface area contributed by atoms with E-state index in [0.717, 1.165) is 18.9 Å². The Morgan fingerprint density at radius 1 is 1.29 bits per heavy atom. The van der Waals surface area contributed by atoms with Crippen molar-refractivity contribution < 1.29 is 28.2 Å². The van der Waals surface area contributed by atoms with E-state index in [4.69, 9.17) is 4.74 Å². The number of aliphatic hydroxyl groups is 1. The minimum atomic E-state index is -0.762. The number of aliphatic hydroxyl groups excluding tert-OH is 1. The molecule has 0 radical (unpaired) electrons. The highest BCUT2D eigenvalue weighted by Gasteiger charge is 2.31. The van der Waals surface area contributed by atoms with Gasteiger partial charge in [0.05, 0.1) is 18.7 Å². The Balaban J connectivity index is 1.89. The molecule has 9 nitrogen and oxygen atoms in total. The van der Waals surface area contributed by atoms with Gasteiger partial charge in [0.25, 0.3) is 5.91 Å². The van der Waals surface area contributed by atoms with E-state index in [1.54, 1.807) is 23.2 Å². The van der Waals surface area contributed by atoms with E-state index in [0.29, 0.717) is 36.8 Å². The van der Waals surface area contributed by atoms with E-state index >= 15 is 0 Å². The van der Waals surface area contributed by atoms with Gasteiger partial charge in [-0.25, -0.2) is 18.7 Å². The summed E-state index contributed by atoms with van der Waals surface area (Å²) in [5, 5.41) is 11.9. The van der Waals surface area contributed by atoms with Crippen molar-refractivity contribution >= 4 is 18.1 Å². The van der Waals surface area contributed by atoms with Crippen molar-refractivity contribution in [1.29, 1.82) is 0 Å². The molecule has 38 heavy (non-hydrogen) atoms. The molecule has 1 aliphatic rings. The molecule has 2 heterocycles. The van der Waals surface area contributed by atoms with Crippen molar-refractivity contribution in [1.82, 2.24) is 19.4 Å². The van der Waals surface area contributed by atoms with Crippen LogP contribution in [0.25, 0.3) is 11.4 Å². The van der Waals surface area contributed by atoms with Gasteiger partial charge < -0.3 is 24.6 Å². The average Bonchev–Trinajstić information content (AvgIpc) is 3.64. The number of nitrogens with zero attached hydrogens (tertiary/aromatic N) is 4. The summed E-state index contributed by atoms with van der Waals surface area (Å²) in [6.07, 6.45) is 4.49. The second kappa shape index (κ2) is 12.1. The molecule has 2 amide bonds. The number of benzene rings is 1. The standard InChI is InChI=1S/C27H31F2N5O4/c1-17(2)33(9-4-10-35)27(37)23-24(31-16-36)32-25(34(23)14-19-11-20(28)13-21(29)12-19)22-5-3-8-30-26(22)38-15-18-6-7-18/h3,5,8,11-13,16-18,35H,4,6-7,9-10,14-15H2,1-2H3,(H,31,36). The van der Waals surface area contributed by atoms with Crippen LogP contribution in [0.5, 0.6) is 5.88 Å². The van der Waals surface area contributed by atoms with Gasteiger partial charge in [-0.15, -0.1) is 0 Å². The molecular formula is C27H31F2N5O4. The molecule has 1 aliphatic carbocycles. The average molecular weight is 528 g/mol. The summed E-state index contributed by atoms with van der Waals surface area (Å²) in [5.41, 5.74) is 0.744. The number of pyridine rings is 1. The molecule has 1 saturated carbocycles. The number of aromatic nitrogens is 3.